The smallest absolute Gasteiger partial charge is 0.0553 e. The lowest BCUT2D eigenvalue weighted by Gasteiger charge is -2.13. The molecular formula is C50H33N. The Morgan fingerprint density at radius 1 is 0.235 bits per heavy atom. The molecular weight excluding hydrogens is 615 g/mol. The zero-order chi connectivity index (χ0) is 33.7. The summed E-state index contributed by atoms with van der Waals surface area (Å²) < 4.78 is 2.42. The topological polar surface area (TPSA) is 4.93 Å². The molecule has 0 unspecified atom stereocenters. The van der Waals surface area contributed by atoms with Gasteiger partial charge in [0.05, 0.1) is 11.0 Å². The lowest BCUT2D eigenvalue weighted by Crippen LogP contribution is -1.93. The van der Waals surface area contributed by atoms with E-state index in [2.05, 4.69) is 205 Å². The first kappa shape index (κ1) is 29.2. The van der Waals surface area contributed by atoms with Crippen molar-refractivity contribution < 1.29 is 0 Å². The molecule has 0 N–H and O–H groups in total. The molecule has 0 saturated carbocycles. The van der Waals surface area contributed by atoms with E-state index in [-0.39, 0.29) is 0 Å². The van der Waals surface area contributed by atoms with Gasteiger partial charge < -0.3 is 4.57 Å². The molecule has 0 saturated heterocycles. The average molecular weight is 648 g/mol. The SMILES string of the molecule is c1ccc(-c2ccc(-c3cc(-c4ccccc4)cc(-c4ccc(-c5cc6ccc7cccc8c7c6c(c5)n8-c5ccccc5)cc4)c3)cc2)cc1. The van der Waals surface area contributed by atoms with Crippen LogP contribution in [0.3, 0.4) is 0 Å². The number of hydrogen-bond acceptors (Lipinski definition) is 0. The van der Waals surface area contributed by atoms with Gasteiger partial charge in [-0.1, -0.05) is 152 Å². The fourth-order valence-electron chi connectivity index (χ4n) is 7.81. The van der Waals surface area contributed by atoms with Crippen molar-refractivity contribution in [2.75, 3.05) is 0 Å². The molecule has 51 heavy (non-hydrogen) atoms. The highest BCUT2D eigenvalue weighted by Gasteiger charge is 2.18. The molecule has 9 aromatic carbocycles. The summed E-state index contributed by atoms with van der Waals surface area (Å²) in [4.78, 5) is 0. The van der Waals surface area contributed by atoms with Gasteiger partial charge in [-0.05, 0) is 115 Å². The van der Waals surface area contributed by atoms with E-state index in [1.54, 1.807) is 0 Å². The molecule has 0 fully saturated rings. The second-order valence-corrected chi connectivity index (χ2v) is 13.4. The maximum absolute atomic E-state index is 2.42. The molecule has 238 valence electrons. The molecule has 1 heteroatoms. The van der Waals surface area contributed by atoms with Gasteiger partial charge in [-0.3, -0.25) is 0 Å². The zero-order valence-electron chi connectivity index (χ0n) is 28.0. The van der Waals surface area contributed by atoms with Gasteiger partial charge in [0.2, 0.25) is 0 Å². The maximum atomic E-state index is 2.42. The molecule has 0 aliphatic heterocycles. The van der Waals surface area contributed by atoms with E-state index in [9.17, 15) is 0 Å². The van der Waals surface area contributed by atoms with Crippen LogP contribution in [0.15, 0.2) is 200 Å². The summed E-state index contributed by atoms with van der Waals surface area (Å²) in [7, 11) is 0. The number of hydrogen-bond donors (Lipinski definition) is 0. The Hall–Kier alpha value is -6.70. The summed E-state index contributed by atoms with van der Waals surface area (Å²) in [6.45, 7) is 0. The summed E-state index contributed by atoms with van der Waals surface area (Å²) >= 11 is 0. The van der Waals surface area contributed by atoms with Gasteiger partial charge in [-0.2, -0.15) is 0 Å². The van der Waals surface area contributed by atoms with Crippen LogP contribution >= 0.6 is 0 Å². The minimum Gasteiger partial charge on any atom is -0.309 e. The fraction of sp³-hybridized carbons (Fsp3) is 0. The average Bonchev–Trinajstić information content (AvgIpc) is 3.56. The van der Waals surface area contributed by atoms with Crippen LogP contribution in [0.4, 0.5) is 0 Å². The van der Waals surface area contributed by atoms with Gasteiger partial charge in [0, 0.05) is 16.5 Å². The highest BCUT2D eigenvalue weighted by atomic mass is 15.0. The predicted octanol–water partition coefficient (Wildman–Crippen LogP) is 13.7. The first-order valence-corrected chi connectivity index (χ1v) is 17.6. The van der Waals surface area contributed by atoms with Crippen molar-refractivity contribution in [2.24, 2.45) is 0 Å². The van der Waals surface area contributed by atoms with E-state index in [0.29, 0.717) is 0 Å². The van der Waals surface area contributed by atoms with Crippen molar-refractivity contribution in [3.05, 3.63) is 200 Å². The number of para-hydroxylation sites is 1. The molecule has 0 spiro atoms. The minimum absolute atomic E-state index is 1.18. The van der Waals surface area contributed by atoms with Gasteiger partial charge in [0.25, 0.3) is 0 Å². The first-order valence-electron chi connectivity index (χ1n) is 17.6. The van der Waals surface area contributed by atoms with E-state index in [1.807, 2.05) is 0 Å². The Kier molecular flexibility index (Phi) is 6.89. The molecule has 10 rings (SSSR count). The summed E-state index contributed by atoms with van der Waals surface area (Å²) in [6.07, 6.45) is 0. The van der Waals surface area contributed by atoms with Crippen molar-refractivity contribution in [1.82, 2.24) is 4.57 Å². The highest BCUT2D eigenvalue weighted by molar-refractivity contribution is 6.25. The molecule has 0 radical (unpaired) electrons. The van der Waals surface area contributed by atoms with E-state index in [1.165, 1.54) is 93.9 Å². The van der Waals surface area contributed by atoms with Crippen LogP contribution in [0.2, 0.25) is 0 Å². The number of rotatable bonds is 6. The number of nitrogens with zero attached hydrogens (tertiary/aromatic N) is 1. The Labute approximate surface area is 297 Å². The van der Waals surface area contributed by atoms with Crippen LogP contribution in [0.1, 0.15) is 0 Å². The summed E-state index contributed by atoms with van der Waals surface area (Å²) in [5.41, 5.74) is 15.8. The minimum atomic E-state index is 1.18. The van der Waals surface area contributed by atoms with Crippen LogP contribution in [0, 0.1) is 0 Å². The lowest BCUT2D eigenvalue weighted by atomic mass is 9.91. The van der Waals surface area contributed by atoms with Crippen LogP contribution in [-0.4, -0.2) is 4.57 Å². The van der Waals surface area contributed by atoms with Gasteiger partial charge in [0.1, 0.15) is 0 Å². The normalized spacial score (nSPS) is 11.5. The quantitative estimate of drug-likeness (QED) is 0.158. The van der Waals surface area contributed by atoms with E-state index in [4.69, 9.17) is 0 Å². The lowest BCUT2D eigenvalue weighted by molar-refractivity contribution is 1.18. The second-order valence-electron chi connectivity index (χ2n) is 13.4. The van der Waals surface area contributed by atoms with Crippen molar-refractivity contribution in [3.8, 4) is 61.3 Å². The third kappa shape index (κ3) is 5.10. The van der Waals surface area contributed by atoms with Crippen molar-refractivity contribution >= 4 is 32.6 Å². The van der Waals surface area contributed by atoms with Crippen LogP contribution < -0.4 is 0 Å². The molecule has 1 nitrogen and oxygen atoms in total. The molecule has 0 aliphatic carbocycles. The monoisotopic (exact) mass is 647 g/mol. The fourth-order valence-corrected chi connectivity index (χ4v) is 7.81. The van der Waals surface area contributed by atoms with Crippen LogP contribution in [0.5, 0.6) is 0 Å². The van der Waals surface area contributed by atoms with Crippen LogP contribution in [-0.2, 0) is 0 Å². The third-order valence-corrected chi connectivity index (χ3v) is 10.3. The van der Waals surface area contributed by atoms with Crippen molar-refractivity contribution in [3.63, 3.8) is 0 Å². The Morgan fingerprint density at radius 2 is 0.647 bits per heavy atom. The Bertz CT molecular complexity index is 2790. The molecule has 10 aromatic rings. The standard InChI is InChI=1S/C50H33N/c1-4-11-34(12-5-1)36-19-21-37(22-20-36)43-30-42(35-13-6-2-7-14-35)31-44(32-43)38-23-25-39(26-24-38)45-29-41-28-27-40-15-10-18-47-49(40)50(41)48(33-45)51(47)46-16-8-3-9-17-46/h1-33H. The molecule has 0 bridgehead atoms. The highest BCUT2D eigenvalue weighted by Crippen LogP contribution is 2.41. The van der Waals surface area contributed by atoms with Crippen LogP contribution in [0.25, 0.3) is 93.9 Å². The van der Waals surface area contributed by atoms with Gasteiger partial charge in [-0.15, -0.1) is 0 Å². The van der Waals surface area contributed by atoms with E-state index < -0.39 is 0 Å². The van der Waals surface area contributed by atoms with E-state index >= 15 is 0 Å². The Balaban J connectivity index is 1.07. The number of benzene rings is 9. The summed E-state index contributed by atoms with van der Waals surface area (Å²) in [5.74, 6) is 0. The molecule has 0 atom stereocenters. The largest absolute Gasteiger partial charge is 0.309 e. The molecule has 1 aromatic heterocycles. The first-order chi connectivity index (χ1) is 25.3. The maximum Gasteiger partial charge on any atom is 0.0553 e. The third-order valence-electron chi connectivity index (χ3n) is 10.3. The Morgan fingerprint density at radius 3 is 1.20 bits per heavy atom. The summed E-state index contributed by atoms with van der Waals surface area (Å²) in [5, 5.41) is 5.21. The summed E-state index contributed by atoms with van der Waals surface area (Å²) in [6, 6.07) is 72.9. The molecule has 0 aliphatic rings. The van der Waals surface area contributed by atoms with Crippen molar-refractivity contribution in [1.29, 1.82) is 0 Å². The molecule has 0 amide bonds. The van der Waals surface area contributed by atoms with Crippen molar-refractivity contribution in [2.45, 2.75) is 0 Å². The number of aromatic nitrogens is 1. The van der Waals surface area contributed by atoms with Gasteiger partial charge in [0.15, 0.2) is 0 Å². The van der Waals surface area contributed by atoms with E-state index in [0.717, 1.165) is 0 Å². The van der Waals surface area contributed by atoms with Gasteiger partial charge in [-0.25, -0.2) is 0 Å². The second kappa shape index (κ2) is 12.0. The molecule has 1 heterocycles. The van der Waals surface area contributed by atoms with Gasteiger partial charge >= 0.3 is 0 Å². The predicted molar refractivity (Wildman–Crippen MR) is 217 cm³/mol. The zero-order valence-corrected chi connectivity index (χ0v) is 28.0.